The Hall–Kier alpha value is -0.580. The van der Waals surface area contributed by atoms with Gasteiger partial charge in [0.15, 0.2) is 5.75 Å². The lowest BCUT2D eigenvalue weighted by Gasteiger charge is -2.08. The van der Waals surface area contributed by atoms with E-state index >= 15 is 0 Å². The summed E-state index contributed by atoms with van der Waals surface area (Å²) >= 11 is 22.6. The topological polar surface area (TPSA) is 38.7 Å². The van der Waals surface area contributed by atoms with E-state index in [4.69, 9.17) is 55.9 Å². The molecule has 0 fully saturated rings. The number of hydrogen-bond donors (Lipinski definition) is 1. The minimum atomic E-state index is -0.0118. The molecule has 0 unspecified atom stereocenters. The molecule has 20 heavy (non-hydrogen) atoms. The highest BCUT2D eigenvalue weighted by Crippen LogP contribution is 2.36. The van der Waals surface area contributed by atoms with Crippen LogP contribution in [0.1, 0.15) is 0 Å². The Morgan fingerprint density at radius 1 is 1.05 bits per heavy atom. The molecule has 0 atom stereocenters. The fourth-order valence-electron chi connectivity index (χ4n) is 1.21. The summed E-state index contributed by atoms with van der Waals surface area (Å²) in [5.41, 5.74) is 0. The number of hydrogen-bond acceptors (Lipinski definition) is 3. The van der Waals surface area contributed by atoms with Gasteiger partial charge in [-0.1, -0.05) is 52.5 Å². The normalized spacial score (nSPS) is 10.8. The monoisotopic (exact) mass is 356 g/mol. The minimum Gasteiger partial charge on any atom is -0.508 e. The Bertz CT molecular complexity index is 473. The van der Waals surface area contributed by atoms with Crippen molar-refractivity contribution in [1.82, 2.24) is 0 Å². The van der Waals surface area contributed by atoms with Crippen molar-refractivity contribution >= 4 is 46.4 Å². The van der Waals surface area contributed by atoms with Gasteiger partial charge in [0.05, 0.1) is 23.3 Å². The Kier molecular flexibility index (Phi) is 8.19. The lowest BCUT2D eigenvalue weighted by molar-refractivity contribution is 0.193. The highest BCUT2D eigenvalue weighted by atomic mass is 35.5. The van der Waals surface area contributed by atoms with E-state index in [1.807, 2.05) is 0 Å². The van der Waals surface area contributed by atoms with Gasteiger partial charge in [-0.15, -0.1) is 0 Å². The molecule has 0 saturated heterocycles. The second-order valence-electron chi connectivity index (χ2n) is 3.55. The number of benzene rings is 1. The highest BCUT2D eigenvalue weighted by molar-refractivity contribution is 6.55. The van der Waals surface area contributed by atoms with Crippen molar-refractivity contribution in [3.63, 3.8) is 0 Å². The summed E-state index contributed by atoms with van der Waals surface area (Å²) in [5, 5.41) is 9.77. The van der Waals surface area contributed by atoms with Crippen LogP contribution in [-0.2, 0) is 4.74 Å². The molecule has 1 N–H and O–H groups in total. The quantitative estimate of drug-likeness (QED) is 0.553. The van der Waals surface area contributed by atoms with Gasteiger partial charge < -0.3 is 14.6 Å². The standard InChI is InChI=1S/C13H12Cl4O3/c14-10-7-9(18)8-11(15)13(10)20-5-2-1-4-19-6-3-12(16)17/h1-3,7-8,18H,4-6H2. The minimum absolute atomic E-state index is 0.0118. The Morgan fingerprint density at radius 3 is 2.25 bits per heavy atom. The number of phenolic OH excluding ortho intramolecular Hbond substituents is 1. The maximum atomic E-state index is 9.27. The third-order valence-electron chi connectivity index (χ3n) is 2.04. The largest absolute Gasteiger partial charge is 0.508 e. The molecule has 0 saturated carbocycles. The Labute approximate surface area is 137 Å². The van der Waals surface area contributed by atoms with Gasteiger partial charge in [-0.3, -0.25) is 0 Å². The van der Waals surface area contributed by atoms with Crippen LogP contribution in [0.4, 0.5) is 0 Å². The van der Waals surface area contributed by atoms with E-state index in [-0.39, 0.29) is 26.9 Å². The third kappa shape index (κ3) is 6.73. The molecule has 7 heteroatoms. The van der Waals surface area contributed by atoms with Crippen LogP contribution in [0.25, 0.3) is 0 Å². The fraction of sp³-hybridized carbons (Fsp3) is 0.231. The van der Waals surface area contributed by atoms with Crippen LogP contribution in [0, 0.1) is 0 Å². The lowest BCUT2D eigenvalue weighted by atomic mass is 10.3. The summed E-state index contributed by atoms with van der Waals surface area (Å²) in [6.07, 6.45) is 5.08. The highest BCUT2D eigenvalue weighted by Gasteiger charge is 2.08. The molecule has 0 bridgehead atoms. The van der Waals surface area contributed by atoms with Crippen LogP contribution < -0.4 is 4.74 Å². The molecular formula is C13H12Cl4O3. The van der Waals surface area contributed by atoms with E-state index in [1.54, 1.807) is 18.2 Å². The second-order valence-corrected chi connectivity index (χ2v) is 5.37. The molecule has 0 aliphatic rings. The van der Waals surface area contributed by atoms with E-state index in [0.717, 1.165) is 0 Å². The average Bonchev–Trinajstić information content (AvgIpc) is 2.34. The number of aromatic hydroxyl groups is 1. The number of phenols is 1. The molecule has 0 spiro atoms. The first kappa shape index (κ1) is 17.5. The zero-order valence-corrected chi connectivity index (χ0v) is 13.3. The molecule has 3 nitrogen and oxygen atoms in total. The summed E-state index contributed by atoms with van der Waals surface area (Å²) in [5.74, 6) is 0.316. The second kappa shape index (κ2) is 9.37. The predicted molar refractivity (Wildman–Crippen MR) is 83.4 cm³/mol. The smallest absolute Gasteiger partial charge is 0.157 e. The van der Waals surface area contributed by atoms with Gasteiger partial charge in [-0.25, -0.2) is 0 Å². The molecular weight excluding hydrogens is 346 g/mol. The van der Waals surface area contributed by atoms with Crippen LogP contribution >= 0.6 is 46.4 Å². The number of rotatable bonds is 7. The summed E-state index contributed by atoms with van der Waals surface area (Å²) in [4.78, 5) is 0. The van der Waals surface area contributed by atoms with Crippen molar-refractivity contribution < 1.29 is 14.6 Å². The van der Waals surface area contributed by atoms with E-state index in [1.165, 1.54) is 12.1 Å². The first-order chi connectivity index (χ1) is 9.50. The maximum Gasteiger partial charge on any atom is 0.157 e. The first-order valence-electron chi connectivity index (χ1n) is 5.55. The van der Waals surface area contributed by atoms with Gasteiger partial charge in [0.2, 0.25) is 0 Å². The van der Waals surface area contributed by atoms with Crippen LogP contribution in [0.2, 0.25) is 10.0 Å². The number of halogens is 4. The van der Waals surface area contributed by atoms with Crippen molar-refractivity contribution in [3.8, 4) is 11.5 Å². The van der Waals surface area contributed by atoms with Gasteiger partial charge in [-0.2, -0.15) is 0 Å². The third-order valence-corrected chi connectivity index (χ3v) is 2.91. The van der Waals surface area contributed by atoms with Crippen LogP contribution in [0.5, 0.6) is 11.5 Å². The summed E-state index contributed by atoms with van der Waals surface area (Å²) in [7, 11) is 0. The van der Waals surface area contributed by atoms with E-state index < -0.39 is 0 Å². The average molecular weight is 358 g/mol. The lowest BCUT2D eigenvalue weighted by Crippen LogP contribution is -1.96. The summed E-state index contributed by atoms with van der Waals surface area (Å²) in [6.45, 7) is 1.01. The van der Waals surface area contributed by atoms with Crippen LogP contribution in [0.3, 0.4) is 0 Å². The predicted octanol–water partition coefficient (Wildman–Crippen LogP) is 4.97. The van der Waals surface area contributed by atoms with E-state index in [9.17, 15) is 5.11 Å². The van der Waals surface area contributed by atoms with Crippen molar-refractivity contribution in [1.29, 1.82) is 0 Å². The first-order valence-corrected chi connectivity index (χ1v) is 7.06. The molecule has 0 radical (unpaired) electrons. The van der Waals surface area contributed by atoms with Crippen LogP contribution in [0.15, 0.2) is 34.9 Å². The van der Waals surface area contributed by atoms with Gasteiger partial charge >= 0.3 is 0 Å². The van der Waals surface area contributed by atoms with E-state index in [0.29, 0.717) is 19.0 Å². The van der Waals surface area contributed by atoms with Crippen molar-refractivity contribution in [2.24, 2.45) is 0 Å². The van der Waals surface area contributed by atoms with Gasteiger partial charge in [0, 0.05) is 12.1 Å². The van der Waals surface area contributed by atoms with Gasteiger partial charge in [0.25, 0.3) is 0 Å². The molecule has 0 aliphatic heterocycles. The molecule has 1 aromatic carbocycles. The van der Waals surface area contributed by atoms with Crippen LogP contribution in [-0.4, -0.2) is 24.9 Å². The molecule has 0 amide bonds. The maximum absolute atomic E-state index is 9.27. The number of ether oxygens (including phenoxy) is 2. The molecule has 110 valence electrons. The van der Waals surface area contributed by atoms with E-state index in [2.05, 4.69) is 0 Å². The fourth-order valence-corrected chi connectivity index (χ4v) is 1.92. The molecule has 0 aromatic heterocycles. The molecule has 0 aliphatic carbocycles. The van der Waals surface area contributed by atoms with Gasteiger partial charge in [-0.05, 0) is 12.2 Å². The molecule has 0 heterocycles. The van der Waals surface area contributed by atoms with Crippen molar-refractivity contribution in [2.45, 2.75) is 0 Å². The summed E-state index contributed by atoms with van der Waals surface area (Å²) < 4.78 is 10.8. The molecule has 1 rings (SSSR count). The van der Waals surface area contributed by atoms with Gasteiger partial charge in [0.1, 0.15) is 16.8 Å². The Balaban J connectivity index is 2.32. The zero-order chi connectivity index (χ0) is 15.0. The van der Waals surface area contributed by atoms with Crippen molar-refractivity contribution in [3.05, 3.63) is 44.9 Å². The SMILES string of the molecule is Oc1cc(Cl)c(OCC=CCOCC=C(Cl)Cl)c(Cl)c1. The Morgan fingerprint density at radius 2 is 1.65 bits per heavy atom. The summed E-state index contributed by atoms with van der Waals surface area (Å²) in [6, 6.07) is 2.72. The molecule has 1 aromatic rings. The zero-order valence-electron chi connectivity index (χ0n) is 10.3. The van der Waals surface area contributed by atoms with Crippen molar-refractivity contribution in [2.75, 3.05) is 19.8 Å².